The number of ether oxygens (including phenoxy) is 1. The highest BCUT2D eigenvalue weighted by Crippen LogP contribution is 2.38. The molecule has 194 valence electrons. The molecule has 0 saturated carbocycles. The fourth-order valence-electron chi connectivity index (χ4n) is 4.78. The SMILES string of the molecule is CC[C@@H](Oc1ccc2c(c1)[C@@H](c1cccc(F)c1)N(C(=O)CC(C)C)CC2)C(=O)Nc1ccc(C)cc1. The van der Waals surface area contributed by atoms with Crippen molar-refractivity contribution in [2.75, 3.05) is 11.9 Å². The molecule has 0 spiro atoms. The van der Waals surface area contributed by atoms with Crippen molar-refractivity contribution < 1.29 is 18.7 Å². The number of hydrogen-bond donors (Lipinski definition) is 1. The van der Waals surface area contributed by atoms with Gasteiger partial charge >= 0.3 is 0 Å². The van der Waals surface area contributed by atoms with E-state index in [-0.39, 0.29) is 23.5 Å². The van der Waals surface area contributed by atoms with E-state index in [1.807, 2.05) is 81.1 Å². The van der Waals surface area contributed by atoms with Crippen molar-refractivity contribution >= 4 is 17.5 Å². The summed E-state index contributed by atoms with van der Waals surface area (Å²) < 4.78 is 20.4. The van der Waals surface area contributed by atoms with Gasteiger partial charge in [0.05, 0.1) is 6.04 Å². The van der Waals surface area contributed by atoms with E-state index in [2.05, 4.69) is 5.32 Å². The van der Waals surface area contributed by atoms with E-state index < -0.39 is 12.1 Å². The van der Waals surface area contributed by atoms with Crippen LogP contribution in [0.2, 0.25) is 0 Å². The normalized spacial score (nSPS) is 15.7. The third kappa shape index (κ3) is 6.37. The summed E-state index contributed by atoms with van der Waals surface area (Å²) in [7, 11) is 0. The second-order valence-corrected chi connectivity index (χ2v) is 10.1. The number of carbonyl (C=O) groups is 2. The summed E-state index contributed by atoms with van der Waals surface area (Å²) >= 11 is 0. The maximum atomic E-state index is 14.3. The first-order valence-corrected chi connectivity index (χ1v) is 13.0. The van der Waals surface area contributed by atoms with E-state index in [0.717, 1.165) is 22.3 Å². The first-order valence-electron chi connectivity index (χ1n) is 13.0. The molecule has 0 aliphatic carbocycles. The second-order valence-electron chi connectivity index (χ2n) is 10.1. The third-order valence-electron chi connectivity index (χ3n) is 6.67. The van der Waals surface area contributed by atoms with E-state index in [0.29, 0.717) is 37.2 Å². The highest BCUT2D eigenvalue weighted by atomic mass is 19.1. The van der Waals surface area contributed by atoms with Gasteiger partial charge in [-0.15, -0.1) is 0 Å². The highest BCUT2D eigenvalue weighted by molar-refractivity contribution is 5.94. The Kier molecular flexibility index (Phi) is 8.27. The predicted octanol–water partition coefficient (Wildman–Crippen LogP) is 6.45. The lowest BCUT2D eigenvalue weighted by Gasteiger charge is -2.38. The molecule has 0 bridgehead atoms. The number of nitrogens with zero attached hydrogens (tertiary/aromatic N) is 1. The van der Waals surface area contributed by atoms with Gasteiger partial charge in [-0.25, -0.2) is 4.39 Å². The Morgan fingerprint density at radius 1 is 1.08 bits per heavy atom. The number of hydrogen-bond acceptors (Lipinski definition) is 3. The van der Waals surface area contributed by atoms with Crippen LogP contribution in [0.4, 0.5) is 10.1 Å². The van der Waals surface area contributed by atoms with E-state index in [9.17, 15) is 14.0 Å². The van der Waals surface area contributed by atoms with Crippen LogP contribution in [0.25, 0.3) is 0 Å². The van der Waals surface area contributed by atoms with Crippen molar-refractivity contribution in [3.05, 3.63) is 94.8 Å². The molecule has 1 aliphatic rings. The van der Waals surface area contributed by atoms with Crippen LogP contribution in [0.5, 0.6) is 5.75 Å². The van der Waals surface area contributed by atoms with Gasteiger partial charge in [0.25, 0.3) is 5.91 Å². The van der Waals surface area contributed by atoms with Crippen LogP contribution in [0.1, 0.15) is 61.9 Å². The molecular formula is C31H35FN2O3. The number of rotatable bonds is 8. The van der Waals surface area contributed by atoms with E-state index in [4.69, 9.17) is 4.74 Å². The van der Waals surface area contributed by atoms with E-state index in [1.165, 1.54) is 12.1 Å². The lowest BCUT2D eigenvalue weighted by atomic mass is 9.87. The molecule has 2 amide bonds. The Morgan fingerprint density at radius 3 is 2.51 bits per heavy atom. The number of fused-ring (bicyclic) bond motifs is 1. The zero-order valence-electron chi connectivity index (χ0n) is 22.0. The summed E-state index contributed by atoms with van der Waals surface area (Å²) in [5, 5.41) is 2.93. The standard InChI is InChI=1S/C31H35FN2O3/c1-5-28(31(36)33-25-12-9-21(4)10-13-25)37-26-14-11-22-15-16-34(29(35)17-20(2)3)30(27(22)19-26)23-7-6-8-24(32)18-23/h6-14,18-20,28,30H,5,15-17H2,1-4H3,(H,33,36)/t28-,30-/m1/s1. The van der Waals surface area contributed by atoms with Crippen LogP contribution in [0.15, 0.2) is 66.7 Å². The number of benzene rings is 3. The van der Waals surface area contributed by atoms with E-state index >= 15 is 0 Å². The van der Waals surface area contributed by atoms with Gasteiger partial charge in [0.2, 0.25) is 5.91 Å². The van der Waals surface area contributed by atoms with Crippen molar-refractivity contribution in [2.45, 2.75) is 59.1 Å². The molecule has 0 fully saturated rings. The minimum absolute atomic E-state index is 0.0464. The Balaban J connectivity index is 1.63. The molecular weight excluding hydrogens is 467 g/mol. The molecule has 2 atom stereocenters. The monoisotopic (exact) mass is 502 g/mol. The van der Waals surface area contributed by atoms with Crippen LogP contribution < -0.4 is 10.1 Å². The summed E-state index contributed by atoms with van der Waals surface area (Å²) in [5.41, 5.74) is 4.55. The van der Waals surface area contributed by atoms with E-state index in [1.54, 1.807) is 6.07 Å². The summed E-state index contributed by atoms with van der Waals surface area (Å²) in [5.74, 6) is 0.245. The third-order valence-corrected chi connectivity index (χ3v) is 6.67. The summed E-state index contributed by atoms with van der Waals surface area (Å²) in [6.07, 6.45) is 0.931. The molecule has 3 aromatic carbocycles. The summed E-state index contributed by atoms with van der Waals surface area (Å²) in [6.45, 7) is 8.50. The molecule has 1 N–H and O–H groups in total. The molecule has 37 heavy (non-hydrogen) atoms. The van der Waals surface area contributed by atoms with Crippen molar-refractivity contribution in [3.63, 3.8) is 0 Å². The van der Waals surface area contributed by atoms with Gasteiger partial charge in [-0.1, -0.05) is 56.7 Å². The van der Waals surface area contributed by atoms with Crippen LogP contribution in [0, 0.1) is 18.7 Å². The van der Waals surface area contributed by atoms with Gasteiger partial charge in [0.15, 0.2) is 6.10 Å². The molecule has 0 radical (unpaired) electrons. The Morgan fingerprint density at radius 2 is 1.84 bits per heavy atom. The topological polar surface area (TPSA) is 58.6 Å². The summed E-state index contributed by atoms with van der Waals surface area (Å²) in [6, 6.07) is 19.4. The first kappa shape index (κ1) is 26.4. The van der Waals surface area contributed by atoms with Crippen molar-refractivity contribution in [3.8, 4) is 5.75 Å². The number of aryl methyl sites for hydroxylation is 1. The lowest BCUT2D eigenvalue weighted by Crippen LogP contribution is -2.41. The fourth-order valence-corrected chi connectivity index (χ4v) is 4.78. The van der Waals surface area contributed by atoms with Gasteiger partial charge in [-0.05, 0) is 78.8 Å². The molecule has 1 heterocycles. The number of nitrogens with one attached hydrogen (secondary N) is 1. The van der Waals surface area contributed by atoms with Crippen molar-refractivity contribution in [1.29, 1.82) is 0 Å². The van der Waals surface area contributed by atoms with Crippen LogP contribution in [-0.4, -0.2) is 29.4 Å². The summed E-state index contributed by atoms with van der Waals surface area (Å²) in [4.78, 5) is 28.0. The van der Waals surface area contributed by atoms with Crippen molar-refractivity contribution in [1.82, 2.24) is 4.90 Å². The number of halogens is 1. The number of carbonyl (C=O) groups excluding carboxylic acids is 2. The van der Waals surface area contributed by atoms with Gasteiger partial charge in [-0.2, -0.15) is 0 Å². The number of amides is 2. The van der Waals surface area contributed by atoms with Gasteiger partial charge in [0, 0.05) is 18.7 Å². The fraction of sp³-hybridized carbons (Fsp3) is 0.355. The molecule has 6 heteroatoms. The first-order chi connectivity index (χ1) is 17.7. The maximum Gasteiger partial charge on any atom is 0.265 e. The van der Waals surface area contributed by atoms with Crippen molar-refractivity contribution in [2.24, 2.45) is 5.92 Å². The van der Waals surface area contributed by atoms with Crippen LogP contribution >= 0.6 is 0 Å². The Hall–Kier alpha value is -3.67. The second kappa shape index (κ2) is 11.6. The Labute approximate surface area is 218 Å². The predicted molar refractivity (Wildman–Crippen MR) is 144 cm³/mol. The minimum Gasteiger partial charge on any atom is -0.481 e. The zero-order chi connectivity index (χ0) is 26.5. The molecule has 0 aromatic heterocycles. The average Bonchev–Trinajstić information content (AvgIpc) is 2.87. The molecule has 0 saturated heterocycles. The maximum absolute atomic E-state index is 14.3. The average molecular weight is 503 g/mol. The van der Waals surface area contributed by atoms with Crippen LogP contribution in [0.3, 0.4) is 0 Å². The zero-order valence-corrected chi connectivity index (χ0v) is 22.0. The quantitative estimate of drug-likeness (QED) is 0.385. The van der Waals surface area contributed by atoms with Crippen LogP contribution in [-0.2, 0) is 16.0 Å². The molecule has 3 aromatic rings. The lowest BCUT2D eigenvalue weighted by molar-refractivity contribution is -0.134. The minimum atomic E-state index is -0.686. The molecule has 5 nitrogen and oxygen atoms in total. The number of anilines is 1. The smallest absolute Gasteiger partial charge is 0.265 e. The van der Waals surface area contributed by atoms with Gasteiger partial charge in [0.1, 0.15) is 11.6 Å². The molecule has 4 rings (SSSR count). The highest BCUT2D eigenvalue weighted by Gasteiger charge is 2.33. The van der Waals surface area contributed by atoms with Gasteiger partial charge in [-0.3, -0.25) is 9.59 Å². The molecule has 0 unspecified atom stereocenters. The largest absolute Gasteiger partial charge is 0.481 e. The molecule has 1 aliphatic heterocycles. The van der Waals surface area contributed by atoms with Gasteiger partial charge < -0.3 is 15.0 Å². The Bertz CT molecular complexity index is 1260.